The van der Waals surface area contributed by atoms with Crippen molar-refractivity contribution in [3.8, 4) is 11.5 Å². The van der Waals surface area contributed by atoms with Crippen LogP contribution in [-0.2, 0) is 0 Å². The highest BCUT2D eigenvalue weighted by atomic mass is 16.5. The molecule has 0 saturated carbocycles. The van der Waals surface area contributed by atoms with Crippen LogP contribution in [0.2, 0.25) is 0 Å². The zero-order valence-electron chi connectivity index (χ0n) is 10.3. The van der Waals surface area contributed by atoms with E-state index in [9.17, 15) is 4.79 Å². The average Bonchev–Trinajstić information content (AvgIpc) is 2.44. The van der Waals surface area contributed by atoms with Gasteiger partial charge in [-0.1, -0.05) is 12.1 Å². The summed E-state index contributed by atoms with van der Waals surface area (Å²) >= 11 is 0. The van der Waals surface area contributed by atoms with Crippen LogP contribution < -0.4 is 10.1 Å². The summed E-state index contributed by atoms with van der Waals surface area (Å²) in [5.74, 6) is 1.16. The van der Waals surface area contributed by atoms with Crippen molar-refractivity contribution in [1.82, 2.24) is 0 Å². The molecule has 1 heterocycles. The number of anilines is 1. The van der Waals surface area contributed by atoms with Gasteiger partial charge >= 0.3 is 0 Å². The normalized spacial score (nSPS) is 12.9. The number of fused-ring (bicyclic) bond motifs is 2. The van der Waals surface area contributed by atoms with Crippen LogP contribution >= 0.6 is 0 Å². The SMILES string of the molecule is Cc1ccc2c(c1)Oc1cc(C)ccc1C(=O)N2. The molecule has 1 aliphatic heterocycles. The number of carbonyl (C=O) groups excluding carboxylic acids is 1. The Kier molecular flexibility index (Phi) is 2.33. The number of aryl methyl sites for hydroxylation is 2. The number of nitrogens with one attached hydrogen (secondary N) is 1. The number of hydrogen-bond acceptors (Lipinski definition) is 2. The van der Waals surface area contributed by atoms with Crippen LogP contribution in [-0.4, -0.2) is 5.91 Å². The number of ether oxygens (including phenoxy) is 1. The van der Waals surface area contributed by atoms with Gasteiger partial charge in [0.25, 0.3) is 5.91 Å². The summed E-state index contributed by atoms with van der Waals surface area (Å²) < 4.78 is 5.85. The minimum absolute atomic E-state index is 0.132. The van der Waals surface area contributed by atoms with Crippen molar-refractivity contribution in [2.45, 2.75) is 13.8 Å². The van der Waals surface area contributed by atoms with Crippen molar-refractivity contribution < 1.29 is 9.53 Å². The largest absolute Gasteiger partial charge is 0.454 e. The van der Waals surface area contributed by atoms with E-state index in [2.05, 4.69) is 5.32 Å². The van der Waals surface area contributed by atoms with Crippen molar-refractivity contribution in [2.75, 3.05) is 5.32 Å². The molecule has 0 aliphatic carbocycles. The van der Waals surface area contributed by atoms with Crippen LogP contribution in [0, 0.1) is 13.8 Å². The molecule has 1 amide bonds. The van der Waals surface area contributed by atoms with E-state index >= 15 is 0 Å². The Balaban J connectivity index is 2.18. The Bertz CT molecular complexity index is 647. The van der Waals surface area contributed by atoms with Gasteiger partial charge in [0.1, 0.15) is 5.75 Å². The second-order valence-electron chi connectivity index (χ2n) is 4.56. The van der Waals surface area contributed by atoms with Gasteiger partial charge in [-0.05, 0) is 49.2 Å². The van der Waals surface area contributed by atoms with Crippen molar-refractivity contribution in [3.63, 3.8) is 0 Å². The van der Waals surface area contributed by atoms with Gasteiger partial charge in [-0.15, -0.1) is 0 Å². The Morgan fingerprint density at radius 2 is 1.61 bits per heavy atom. The van der Waals surface area contributed by atoms with Crippen molar-refractivity contribution in [2.24, 2.45) is 0 Å². The van der Waals surface area contributed by atoms with Crippen LogP contribution in [0.1, 0.15) is 21.5 Å². The maximum absolute atomic E-state index is 12.1. The van der Waals surface area contributed by atoms with Gasteiger partial charge in [0.2, 0.25) is 0 Å². The van der Waals surface area contributed by atoms with Gasteiger partial charge < -0.3 is 10.1 Å². The van der Waals surface area contributed by atoms with Gasteiger partial charge in [0.05, 0.1) is 11.3 Å². The first-order valence-electron chi connectivity index (χ1n) is 5.84. The zero-order chi connectivity index (χ0) is 12.7. The van der Waals surface area contributed by atoms with E-state index in [1.807, 2.05) is 44.2 Å². The van der Waals surface area contributed by atoms with E-state index in [0.717, 1.165) is 11.1 Å². The fraction of sp³-hybridized carbons (Fsp3) is 0.133. The summed E-state index contributed by atoms with van der Waals surface area (Å²) in [6.45, 7) is 3.97. The minimum Gasteiger partial charge on any atom is -0.454 e. The van der Waals surface area contributed by atoms with Crippen LogP contribution in [0.4, 0.5) is 5.69 Å². The van der Waals surface area contributed by atoms with Gasteiger partial charge in [0, 0.05) is 0 Å². The molecule has 3 nitrogen and oxygen atoms in total. The fourth-order valence-electron chi connectivity index (χ4n) is 2.03. The molecule has 2 aromatic carbocycles. The monoisotopic (exact) mass is 239 g/mol. The molecule has 0 bridgehead atoms. The molecule has 0 unspecified atom stereocenters. The van der Waals surface area contributed by atoms with E-state index in [1.165, 1.54) is 0 Å². The number of rotatable bonds is 0. The molecule has 0 atom stereocenters. The lowest BCUT2D eigenvalue weighted by Gasteiger charge is -2.08. The predicted molar refractivity (Wildman–Crippen MR) is 70.4 cm³/mol. The van der Waals surface area contributed by atoms with Crippen LogP contribution in [0.15, 0.2) is 36.4 Å². The average molecular weight is 239 g/mol. The van der Waals surface area contributed by atoms with Crippen molar-refractivity contribution in [3.05, 3.63) is 53.1 Å². The standard InChI is InChI=1S/C15H13NO2/c1-9-3-5-11-13(7-9)18-14-8-10(2)4-6-12(14)16-15(11)17/h3-8H,1-2H3,(H,16,17). The quantitative estimate of drug-likeness (QED) is 0.761. The lowest BCUT2D eigenvalue weighted by atomic mass is 10.1. The summed E-state index contributed by atoms with van der Waals surface area (Å²) in [7, 11) is 0. The number of amides is 1. The smallest absolute Gasteiger partial charge is 0.259 e. The van der Waals surface area contributed by atoms with Crippen LogP contribution in [0.3, 0.4) is 0 Å². The summed E-state index contributed by atoms with van der Waals surface area (Å²) in [6.07, 6.45) is 0. The second-order valence-corrected chi connectivity index (χ2v) is 4.56. The maximum atomic E-state index is 12.1. The van der Waals surface area contributed by atoms with E-state index in [-0.39, 0.29) is 5.91 Å². The highest BCUT2D eigenvalue weighted by Gasteiger charge is 2.20. The third kappa shape index (κ3) is 1.74. The first-order valence-corrected chi connectivity index (χ1v) is 5.84. The lowest BCUT2D eigenvalue weighted by molar-refractivity contribution is 0.102. The summed E-state index contributed by atoms with van der Waals surface area (Å²) in [5, 5.41) is 2.86. The highest BCUT2D eigenvalue weighted by Crippen LogP contribution is 2.36. The molecule has 18 heavy (non-hydrogen) atoms. The third-order valence-electron chi connectivity index (χ3n) is 2.99. The van der Waals surface area contributed by atoms with Gasteiger partial charge in [-0.2, -0.15) is 0 Å². The molecular formula is C15H13NO2. The molecule has 3 heteroatoms. The third-order valence-corrected chi connectivity index (χ3v) is 2.99. The molecule has 0 spiro atoms. The van der Waals surface area contributed by atoms with E-state index < -0.39 is 0 Å². The van der Waals surface area contributed by atoms with Gasteiger partial charge in [0.15, 0.2) is 5.75 Å². The summed E-state index contributed by atoms with van der Waals surface area (Å²) in [6, 6.07) is 11.3. The Morgan fingerprint density at radius 3 is 2.39 bits per heavy atom. The molecule has 90 valence electrons. The Labute approximate surface area is 105 Å². The minimum atomic E-state index is -0.132. The molecular weight excluding hydrogens is 226 g/mol. The second kappa shape index (κ2) is 3.88. The number of carbonyl (C=O) groups is 1. The van der Waals surface area contributed by atoms with E-state index in [1.54, 1.807) is 6.07 Å². The van der Waals surface area contributed by atoms with Gasteiger partial charge in [-0.3, -0.25) is 4.79 Å². The van der Waals surface area contributed by atoms with Crippen molar-refractivity contribution >= 4 is 11.6 Å². The molecule has 0 saturated heterocycles. The topological polar surface area (TPSA) is 38.3 Å². The highest BCUT2D eigenvalue weighted by molar-refractivity contribution is 6.08. The maximum Gasteiger partial charge on any atom is 0.259 e. The number of hydrogen-bond donors (Lipinski definition) is 1. The van der Waals surface area contributed by atoms with Crippen molar-refractivity contribution in [1.29, 1.82) is 0 Å². The summed E-state index contributed by atoms with van der Waals surface area (Å²) in [5.41, 5.74) is 3.44. The molecule has 2 aromatic rings. The molecule has 1 aliphatic rings. The van der Waals surface area contributed by atoms with E-state index in [0.29, 0.717) is 22.7 Å². The molecule has 3 rings (SSSR count). The Morgan fingerprint density at radius 1 is 0.944 bits per heavy atom. The molecule has 1 N–H and O–H groups in total. The van der Waals surface area contributed by atoms with E-state index in [4.69, 9.17) is 4.74 Å². The van der Waals surface area contributed by atoms with Crippen LogP contribution in [0.5, 0.6) is 11.5 Å². The first kappa shape index (κ1) is 10.8. The molecule has 0 aromatic heterocycles. The first-order chi connectivity index (χ1) is 8.63. The van der Waals surface area contributed by atoms with Crippen LogP contribution in [0.25, 0.3) is 0 Å². The van der Waals surface area contributed by atoms with Gasteiger partial charge in [-0.25, -0.2) is 0 Å². The molecule has 0 radical (unpaired) electrons. The zero-order valence-corrected chi connectivity index (χ0v) is 10.3. The lowest BCUT2D eigenvalue weighted by Crippen LogP contribution is -2.10. The number of benzene rings is 2. The summed E-state index contributed by atoms with van der Waals surface area (Å²) in [4.78, 5) is 12.1. The Hall–Kier alpha value is -2.29. The fourth-order valence-corrected chi connectivity index (χ4v) is 2.03. The molecule has 0 fully saturated rings. The predicted octanol–water partition coefficient (Wildman–Crippen LogP) is 3.66.